The Bertz CT molecular complexity index is 434. The Morgan fingerprint density at radius 1 is 1.24 bits per heavy atom. The largest absolute Gasteiger partial charge is 0.497 e. The van der Waals surface area contributed by atoms with E-state index in [1.807, 2.05) is 24.3 Å². The Balaban J connectivity index is 2.27. The van der Waals surface area contributed by atoms with Gasteiger partial charge in [-0.2, -0.15) is 4.91 Å². The smallest absolute Gasteiger partial charge is 0.243 e. The summed E-state index contributed by atoms with van der Waals surface area (Å²) in [6.07, 6.45) is 4.45. The van der Waals surface area contributed by atoms with E-state index in [4.69, 9.17) is 9.94 Å². The van der Waals surface area contributed by atoms with E-state index in [0.29, 0.717) is 12.8 Å². The van der Waals surface area contributed by atoms with Crippen LogP contribution in [0.1, 0.15) is 50.1 Å². The maximum Gasteiger partial charge on any atom is 0.243 e. The molecule has 1 rings (SSSR count). The van der Waals surface area contributed by atoms with Gasteiger partial charge < -0.3 is 4.74 Å². The SMILES string of the molecule is COc1ccc(C(CCCCCCC(=O)NO)N=O)cc1. The van der Waals surface area contributed by atoms with Crippen molar-refractivity contribution in [1.29, 1.82) is 0 Å². The van der Waals surface area contributed by atoms with Gasteiger partial charge in [-0.25, -0.2) is 5.48 Å². The van der Waals surface area contributed by atoms with Crippen LogP contribution in [0, 0.1) is 4.91 Å². The van der Waals surface area contributed by atoms with Crippen LogP contribution in [0.4, 0.5) is 0 Å². The monoisotopic (exact) mass is 294 g/mol. The summed E-state index contributed by atoms with van der Waals surface area (Å²) >= 11 is 0. The Labute approximate surface area is 124 Å². The standard InChI is InChI=1S/C15H22N2O4/c1-21-13-10-8-12(9-11-13)14(16-19)6-4-2-3-5-7-15(18)17-20/h8-11,14,20H,2-7H2,1H3,(H,17,18). The fourth-order valence-electron chi connectivity index (χ4n) is 2.14. The van der Waals surface area contributed by atoms with Crippen LogP contribution in [0.3, 0.4) is 0 Å². The molecule has 21 heavy (non-hydrogen) atoms. The quantitative estimate of drug-likeness (QED) is 0.300. The summed E-state index contributed by atoms with van der Waals surface area (Å²) in [5.41, 5.74) is 2.50. The molecule has 0 aliphatic heterocycles. The van der Waals surface area contributed by atoms with Crippen molar-refractivity contribution in [2.24, 2.45) is 5.18 Å². The lowest BCUT2D eigenvalue weighted by molar-refractivity contribution is -0.129. The van der Waals surface area contributed by atoms with Crippen LogP contribution >= 0.6 is 0 Å². The molecule has 0 saturated carbocycles. The number of nitroso groups, excluding NO2 is 1. The molecule has 1 unspecified atom stereocenters. The van der Waals surface area contributed by atoms with Crippen molar-refractivity contribution >= 4 is 5.91 Å². The molecule has 0 aromatic heterocycles. The molecule has 1 aromatic carbocycles. The van der Waals surface area contributed by atoms with Crippen LogP contribution in [0.2, 0.25) is 0 Å². The minimum atomic E-state index is -0.360. The van der Waals surface area contributed by atoms with Gasteiger partial charge >= 0.3 is 0 Å². The molecule has 0 heterocycles. The third-order valence-corrected chi connectivity index (χ3v) is 3.38. The molecule has 116 valence electrons. The average molecular weight is 294 g/mol. The highest BCUT2D eigenvalue weighted by Crippen LogP contribution is 2.25. The highest BCUT2D eigenvalue weighted by molar-refractivity contribution is 5.74. The van der Waals surface area contributed by atoms with Gasteiger partial charge in [0, 0.05) is 6.42 Å². The zero-order chi connectivity index (χ0) is 15.5. The summed E-state index contributed by atoms with van der Waals surface area (Å²) in [5.74, 6) is 0.395. The van der Waals surface area contributed by atoms with Gasteiger partial charge in [-0.05, 0) is 30.5 Å². The van der Waals surface area contributed by atoms with Crippen molar-refractivity contribution in [1.82, 2.24) is 5.48 Å². The minimum absolute atomic E-state index is 0.324. The molecule has 0 saturated heterocycles. The first kappa shape index (κ1) is 17.1. The van der Waals surface area contributed by atoms with Crippen molar-refractivity contribution in [3.05, 3.63) is 34.7 Å². The number of amides is 1. The van der Waals surface area contributed by atoms with Crippen molar-refractivity contribution in [3.63, 3.8) is 0 Å². The number of hydrogen-bond donors (Lipinski definition) is 2. The number of carbonyl (C=O) groups is 1. The Morgan fingerprint density at radius 2 is 1.90 bits per heavy atom. The van der Waals surface area contributed by atoms with Crippen molar-refractivity contribution in [3.8, 4) is 5.75 Å². The molecule has 0 spiro atoms. The van der Waals surface area contributed by atoms with Crippen LogP contribution < -0.4 is 10.2 Å². The van der Waals surface area contributed by atoms with E-state index < -0.39 is 0 Å². The number of nitrogens with one attached hydrogen (secondary N) is 1. The lowest BCUT2D eigenvalue weighted by Gasteiger charge is -2.10. The minimum Gasteiger partial charge on any atom is -0.497 e. The zero-order valence-corrected chi connectivity index (χ0v) is 12.2. The summed E-state index contributed by atoms with van der Waals surface area (Å²) < 4.78 is 5.08. The van der Waals surface area contributed by atoms with Crippen LogP contribution in [-0.4, -0.2) is 18.2 Å². The molecule has 0 aliphatic rings. The van der Waals surface area contributed by atoms with E-state index in [-0.39, 0.29) is 11.9 Å². The van der Waals surface area contributed by atoms with Crippen molar-refractivity contribution in [2.75, 3.05) is 7.11 Å². The third-order valence-electron chi connectivity index (χ3n) is 3.38. The molecule has 6 nitrogen and oxygen atoms in total. The molecule has 0 radical (unpaired) electrons. The number of unbranched alkanes of at least 4 members (excludes halogenated alkanes) is 3. The van der Waals surface area contributed by atoms with Gasteiger partial charge in [0.25, 0.3) is 0 Å². The first-order valence-electron chi connectivity index (χ1n) is 7.10. The Kier molecular flexibility index (Phi) is 8.04. The molecule has 0 aliphatic carbocycles. The number of carbonyl (C=O) groups excluding carboxylic acids is 1. The van der Waals surface area contributed by atoms with Crippen LogP contribution in [0.15, 0.2) is 29.4 Å². The van der Waals surface area contributed by atoms with Gasteiger partial charge in [0.2, 0.25) is 5.91 Å². The molecule has 0 bridgehead atoms. The Morgan fingerprint density at radius 3 is 2.48 bits per heavy atom. The maximum atomic E-state index is 10.9. The van der Waals surface area contributed by atoms with E-state index in [2.05, 4.69) is 5.18 Å². The number of nitrogens with zero attached hydrogens (tertiary/aromatic N) is 1. The van der Waals surface area contributed by atoms with Gasteiger partial charge in [0.05, 0.1) is 7.11 Å². The van der Waals surface area contributed by atoms with Gasteiger partial charge in [0.15, 0.2) is 0 Å². The first-order chi connectivity index (χ1) is 10.2. The fourth-order valence-corrected chi connectivity index (χ4v) is 2.14. The molecular formula is C15H22N2O4. The van der Waals surface area contributed by atoms with Crippen LogP contribution in [0.5, 0.6) is 5.75 Å². The highest BCUT2D eigenvalue weighted by Gasteiger charge is 2.11. The normalized spacial score (nSPS) is 11.7. The molecular weight excluding hydrogens is 272 g/mol. The summed E-state index contributed by atoms with van der Waals surface area (Å²) in [6, 6.07) is 7.02. The number of ether oxygens (including phenoxy) is 1. The van der Waals surface area contributed by atoms with E-state index in [1.54, 1.807) is 12.6 Å². The van der Waals surface area contributed by atoms with Gasteiger partial charge in [-0.1, -0.05) is 36.6 Å². The van der Waals surface area contributed by atoms with E-state index in [0.717, 1.165) is 37.0 Å². The van der Waals surface area contributed by atoms with Gasteiger partial charge in [-0.3, -0.25) is 10.0 Å². The second-order valence-corrected chi connectivity index (χ2v) is 4.88. The third kappa shape index (κ3) is 6.35. The van der Waals surface area contributed by atoms with Crippen molar-refractivity contribution < 1.29 is 14.7 Å². The molecule has 6 heteroatoms. The Hall–Kier alpha value is -1.95. The second-order valence-electron chi connectivity index (χ2n) is 4.88. The topological polar surface area (TPSA) is 88.0 Å². The molecule has 2 N–H and O–H groups in total. The summed E-state index contributed by atoms with van der Waals surface area (Å²) in [7, 11) is 1.60. The number of hydrogen-bond acceptors (Lipinski definition) is 5. The molecule has 1 amide bonds. The average Bonchev–Trinajstić information content (AvgIpc) is 2.54. The summed E-state index contributed by atoms with van der Waals surface area (Å²) in [6.45, 7) is 0. The molecule has 1 atom stereocenters. The van der Waals surface area contributed by atoms with E-state index in [1.165, 1.54) is 0 Å². The number of hydroxylamine groups is 1. The number of rotatable bonds is 10. The number of methoxy groups -OCH3 is 1. The molecule has 1 aromatic rings. The van der Waals surface area contributed by atoms with E-state index in [9.17, 15) is 9.70 Å². The predicted octanol–water partition coefficient (Wildman–Crippen LogP) is 3.35. The highest BCUT2D eigenvalue weighted by atomic mass is 16.5. The number of benzene rings is 1. The van der Waals surface area contributed by atoms with Crippen LogP contribution in [-0.2, 0) is 4.79 Å². The fraction of sp³-hybridized carbons (Fsp3) is 0.533. The van der Waals surface area contributed by atoms with E-state index >= 15 is 0 Å². The lowest BCUT2D eigenvalue weighted by Crippen LogP contribution is -2.17. The second kappa shape index (κ2) is 9.88. The summed E-state index contributed by atoms with van der Waals surface area (Å²) in [5, 5.41) is 11.5. The lowest BCUT2D eigenvalue weighted by atomic mass is 10.0. The van der Waals surface area contributed by atoms with Gasteiger partial charge in [0.1, 0.15) is 11.8 Å². The van der Waals surface area contributed by atoms with Gasteiger partial charge in [-0.15, -0.1) is 0 Å². The van der Waals surface area contributed by atoms with Crippen LogP contribution in [0.25, 0.3) is 0 Å². The summed E-state index contributed by atoms with van der Waals surface area (Å²) in [4.78, 5) is 21.8. The van der Waals surface area contributed by atoms with Crippen molar-refractivity contribution in [2.45, 2.75) is 44.6 Å². The maximum absolute atomic E-state index is 10.9. The predicted molar refractivity (Wildman–Crippen MR) is 79.2 cm³/mol. The first-order valence-corrected chi connectivity index (χ1v) is 7.10. The molecule has 0 fully saturated rings. The zero-order valence-electron chi connectivity index (χ0n) is 12.2.